The first-order valence-electron chi connectivity index (χ1n) is 7.79. The molecule has 0 aliphatic carbocycles. The molecule has 0 saturated heterocycles. The molecule has 0 fully saturated rings. The number of methoxy groups -OCH3 is 1. The zero-order valence-electron chi connectivity index (χ0n) is 13.8. The van der Waals surface area contributed by atoms with E-state index in [2.05, 4.69) is 37.9 Å². The third-order valence-electron chi connectivity index (χ3n) is 3.95. The Morgan fingerprint density at radius 3 is 2.65 bits per heavy atom. The van der Waals surface area contributed by atoms with Gasteiger partial charge in [0.15, 0.2) is 17.5 Å². The molecule has 0 unspecified atom stereocenters. The molecule has 0 spiro atoms. The highest BCUT2D eigenvalue weighted by atomic mass is 127. The van der Waals surface area contributed by atoms with Crippen LogP contribution in [-0.4, -0.2) is 23.6 Å². The van der Waals surface area contributed by atoms with Crippen molar-refractivity contribution in [2.45, 2.75) is 10.8 Å². The van der Waals surface area contributed by atoms with Gasteiger partial charge in [-0.05, 0) is 18.1 Å². The molecule has 1 heterocycles. The Kier molecular flexibility index (Phi) is 5.80. The highest BCUT2D eigenvalue weighted by Crippen LogP contribution is 2.27. The molecule has 4 nitrogen and oxygen atoms in total. The van der Waals surface area contributed by atoms with Crippen molar-refractivity contribution < 1.29 is 17.9 Å². The highest BCUT2D eigenvalue weighted by Gasteiger charge is 2.17. The van der Waals surface area contributed by atoms with Crippen molar-refractivity contribution in [3.8, 4) is 5.75 Å². The molecule has 2 aromatic carbocycles. The lowest BCUT2D eigenvalue weighted by atomic mass is 10.1. The number of nitrogens with one attached hydrogen (secondary N) is 1. The largest absolute Gasteiger partial charge is 0.496 e. The molecule has 0 radical (unpaired) electrons. The molecule has 136 valence electrons. The summed E-state index contributed by atoms with van der Waals surface area (Å²) in [5.41, 5.74) is 1.88. The molecular formula is C18H15F3IN3O. The number of hydrogen-bond donors (Lipinski definition) is 1. The standard InChI is InChI=1S/C18H15F3IN3O/c1-26-14-3-2-10(6-11(14)8-22)4-5-23-18-15-16(21)12(19)7-13(20)17(15)24-9-25-18/h2-3,6-7,9H,4-5,8H2,1H3,(H,23,24,25). The Hall–Kier alpha value is -2.10. The summed E-state index contributed by atoms with van der Waals surface area (Å²) in [6.07, 6.45) is 1.74. The summed E-state index contributed by atoms with van der Waals surface area (Å²) in [5, 5.41) is 2.66. The number of nitrogens with zero attached hydrogens (tertiary/aromatic N) is 2. The van der Waals surface area contributed by atoms with Crippen LogP contribution in [-0.2, 0) is 10.8 Å². The molecule has 0 saturated carbocycles. The van der Waals surface area contributed by atoms with Gasteiger partial charge in [0, 0.05) is 22.6 Å². The van der Waals surface area contributed by atoms with Gasteiger partial charge in [-0.15, -0.1) is 0 Å². The van der Waals surface area contributed by atoms with Crippen LogP contribution in [0, 0.1) is 17.5 Å². The van der Waals surface area contributed by atoms with Gasteiger partial charge in [-0.3, -0.25) is 0 Å². The summed E-state index contributed by atoms with van der Waals surface area (Å²) in [5.74, 6) is -2.47. The van der Waals surface area contributed by atoms with Crippen LogP contribution in [0.1, 0.15) is 11.1 Å². The lowest BCUT2D eigenvalue weighted by Crippen LogP contribution is -2.09. The van der Waals surface area contributed by atoms with Crippen molar-refractivity contribution >= 4 is 39.3 Å². The quantitative estimate of drug-likeness (QED) is 0.322. The smallest absolute Gasteiger partial charge is 0.172 e. The number of aromatic nitrogens is 2. The van der Waals surface area contributed by atoms with Gasteiger partial charge in [-0.25, -0.2) is 23.1 Å². The van der Waals surface area contributed by atoms with Crippen molar-refractivity contribution in [2.75, 3.05) is 19.0 Å². The van der Waals surface area contributed by atoms with Gasteiger partial charge in [0.05, 0.1) is 12.5 Å². The maximum Gasteiger partial charge on any atom is 0.172 e. The molecule has 0 bridgehead atoms. The molecule has 0 amide bonds. The van der Waals surface area contributed by atoms with Crippen LogP contribution in [0.5, 0.6) is 5.75 Å². The molecule has 0 atom stereocenters. The first-order valence-corrected chi connectivity index (χ1v) is 9.31. The average molecular weight is 473 g/mol. The second-order valence-corrected chi connectivity index (χ2v) is 6.32. The molecule has 0 aliphatic heterocycles. The fraction of sp³-hybridized carbons (Fsp3) is 0.222. The summed E-state index contributed by atoms with van der Waals surface area (Å²) < 4.78 is 47.5. The number of rotatable bonds is 6. The van der Waals surface area contributed by atoms with E-state index < -0.39 is 17.5 Å². The van der Waals surface area contributed by atoms with Crippen LogP contribution < -0.4 is 10.1 Å². The zero-order valence-corrected chi connectivity index (χ0v) is 16.0. The second kappa shape index (κ2) is 8.07. The third-order valence-corrected chi connectivity index (χ3v) is 4.77. The van der Waals surface area contributed by atoms with Gasteiger partial charge in [0.1, 0.15) is 23.4 Å². The highest BCUT2D eigenvalue weighted by molar-refractivity contribution is 14.1. The number of hydrogen-bond acceptors (Lipinski definition) is 4. The summed E-state index contributed by atoms with van der Waals surface area (Å²) >= 11 is 2.26. The summed E-state index contributed by atoms with van der Waals surface area (Å²) in [6, 6.07) is 6.35. The fourth-order valence-corrected chi connectivity index (χ4v) is 3.28. The van der Waals surface area contributed by atoms with Crippen LogP contribution in [0.4, 0.5) is 19.0 Å². The first kappa shape index (κ1) is 18.7. The molecular weight excluding hydrogens is 458 g/mol. The Labute approximate surface area is 161 Å². The van der Waals surface area contributed by atoms with Crippen LogP contribution in [0.25, 0.3) is 10.9 Å². The van der Waals surface area contributed by atoms with Crippen molar-refractivity contribution in [3.05, 3.63) is 59.2 Å². The number of benzene rings is 2. The molecule has 1 aromatic heterocycles. The molecule has 3 rings (SSSR count). The lowest BCUT2D eigenvalue weighted by Gasteiger charge is -2.11. The monoisotopic (exact) mass is 473 g/mol. The van der Waals surface area contributed by atoms with Crippen LogP contribution in [0.3, 0.4) is 0 Å². The van der Waals surface area contributed by atoms with E-state index in [1.807, 2.05) is 18.2 Å². The van der Waals surface area contributed by atoms with Gasteiger partial charge in [0.25, 0.3) is 0 Å². The van der Waals surface area contributed by atoms with Gasteiger partial charge in [-0.2, -0.15) is 0 Å². The topological polar surface area (TPSA) is 47.0 Å². The van der Waals surface area contributed by atoms with E-state index in [1.54, 1.807) is 7.11 Å². The van der Waals surface area contributed by atoms with Crippen LogP contribution in [0.15, 0.2) is 30.6 Å². The predicted octanol–water partition coefficient (Wildman–Crippen LogP) is 4.65. The molecule has 26 heavy (non-hydrogen) atoms. The van der Waals surface area contributed by atoms with E-state index in [0.29, 0.717) is 19.0 Å². The maximum absolute atomic E-state index is 14.1. The first-order chi connectivity index (χ1) is 12.5. The van der Waals surface area contributed by atoms with E-state index in [-0.39, 0.29) is 16.7 Å². The minimum Gasteiger partial charge on any atom is -0.496 e. The molecule has 1 N–H and O–H groups in total. The van der Waals surface area contributed by atoms with Crippen LogP contribution in [0.2, 0.25) is 0 Å². The van der Waals surface area contributed by atoms with Gasteiger partial charge in [0.2, 0.25) is 0 Å². The second-order valence-electron chi connectivity index (χ2n) is 5.56. The zero-order chi connectivity index (χ0) is 18.7. The molecule has 0 aliphatic rings. The number of ether oxygens (including phenoxy) is 1. The fourth-order valence-electron chi connectivity index (χ4n) is 2.69. The minimum atomic E-state index is -1.27. The Morgan fingerprint density at radius 1 is 1.12 bits per heavy atom. The number of anilines is 1. The van der Waals surface area contributed by atoms with E-state index in [9.17, 15) is 13.2 Å². The lowest BCUT2D eigenvalue weighted by molar-refractivity contribution is 0.411. The SMILES string of the molecule is COc1ccc(CCNc2ncnc3c(F)cc(F)c(F)c23)cc1CI. The van der Waals surface area contributed by atoms with Crippen molar-refractivity contribution in [2.24, 2.45) is 0 Å². The number of alkyl halides is 1. The number of halogens is 4. The predicted molar refractivity (Wildman–Crippen MR) is 102 cm³/mol. The summed E-state index contributed by atoms with van der Waals surface area (Å²) in [4.78, 5) is 7.63. The van der Waals surface area contributed by atoms with Crippen molar-refractivity contribution in [1.29, 1.82) is 0 Å². The van der Waals surface area contributed by atoms with Crippen molar-refractivity contribution in [1.82, 2.24) is 9.97 Å². The summed E-state index contributed by atoms with van der Waals surface area (Å²) in [6.45, 7) is 0.413. The normalized spacial score (nSPS) is 11.0. The van der Waals surface area contributed by atoms with E-state index >= 15 is 0 Å². The Morgan fingerprint density at radius 2 is 1.92 bits per heavy atom. The van der Waals surface area contributed by atoms with Gasteiger partial charge in [-0.1, -0.05) is 34.7 Å². The van der Waals surface area contributed by atoms with Gasteiger partial charge < -0.3 is 10.1 Å². The third kappa shape index (κ3) is 3.69. The summed E-state index contributed by atoms with van der Waals surface area (Å²) in [7, 11) is 1.62. The maximum atomic E-state index is 14.1. The van der Waals surface area contributed by atoms with E-state index in [1.165, 1.54) is 0 Å². The van der Waals surface area contributed by atoms with Gasteiger partial charge >= 0.3 is 0 Å². The average Bonchev–Trinajstić information content (AvgIpc) is 2.66. The molecule has 3 aromatic rings. The number of fused-ring (bicyclic) bond motifs is 1. The minimum absolute atomic E-state index is 0.0635. The molecule has 8 heteroatoms. The van der Waals surface area contributed by atoms with Crippen molar-refractivity contribution in [3.63, 3.8) is 0 Å². The van der Waals surface area contributed by atoms with Crippen LogP contribution >= 0.6 is 22.6 Å². The van der Waals surface area contributed by atoms with E-state index in [4.69, 9.17) is 4.74 Å². The van der Waals surface area contributed by atoms with E-state index in [0.717, 1.165) is 27.6 Å². The Balaban J connectivity index is 1.81. The Bertz CT molecular complexity index is 953.